The van der Waals surface area contributed by atoms with Crippen molar-refractivity contribution in [3.05, 3.63) is 85.2 Å². The largest absolute Gasteiger partial charge is 0.478 e. The van der Waals surface area contributed by atoms with E-state index in [9.17, 15) is 19.5 Å². The van der Waals surface area contributed by atoms with Crippen molar-refractivity contribution >= 4 is 41.0 Å². The number of carbonyl (C=O) groups excluding carboxylic acids is 1. The number of hydrogen-bond acceptors (Lipinski definition) is 5. The summed E-state index contributed by atoms with van der Waals surface area (Å²) < 4.78 is 1.59. The Labute approximate surface area is 229 Å². The number of aromatic carboxylic acids is 1. The van der Waals surface area contributed by atoms with E-state index in [1.54, 1.807) is 39.8 Å². The highest BCUT2D eigenvalue weighted by Gasteiger charge is 2.60. The van der Waals surface area contributed by atoms with Gasteiger partial charge in [0, 0.05) is 29.8 Å². The number of carbonyl (C=O) groups is 2. The number of anilines is 1. The van der Waals surface area contributed by atoms with Crippen LogP contribution in [0.2, 0.25) is 10.0 Å². The van der Waals surface area contributed by atoms with Crippen LogP contribution in [0.25, 0.3) is 5.69 Å². The van der Waals surface area contributed by atoms with Gasteiger partial charge in [0.05, 0.1) is 33.5 Å². The third-order valence-corrected chi connectivity index (χ3v) is 9.15. The monoisotopic (exact) mass is 552 g/mol. The van der Waals surface area contributed by atoms with Crippen molar-refractivity contribution in [2.45, 2.75) is 50.7 Å². The van der Waals surface area contributed by atoms with E-state index in [1.807, 2.05) is 14.0 Å². The lowest BCUT2D eigenvalue weighted by Gasteiger charge is -2.65. The molecule has 7 rings (SSSR count). The molecule has 1 atom stereocenters. The summed E-state index contributed by atoms with van der Waals surface area (Å²) in [5, 5.41) is 10.0. The zero-order chi connectivity index (χ0) is 26.9. The molecule has 2 heterocycles. The van der Waals surface area contributed by atoms with Gasteiger partial charge in [-0.1, -0.05) is 23.2 Å². The summed E-state index contributed by atoms with van der Waals surface area (Å²) in [6, 6.07) is 10.8. The molecule has 3 aromatic rings. The highest BCUT2D eigenvalue weighted by molar-refractivity contribution is 6.42. The minimum atomic E-state index is -1.03. The van der Waals surface area contributed by atoms with Gasteiger partial charge in [0.1, 0.15) is 0 Å². The molecular weight excluding hydrogens is 527 g/mol. The van der Waals surface area contributed by atoms with Crippen LogP contribution >= 0.6 is 23.2 Å². The predicted molar refractivity (Wildman–Crippen MR) is 145 cm³/mol. The number of nitrogens with zero attached hydrogens (tertiary/aromatic N) is 4. The first-order valence-electron chi connectivity index (χ1n) is 12.6. The van der Waals surface area contributed by atoms with Crippen molar-refractivity contribution in [2.24, 2.45) is 5.92 Å². The van der Waals surface area contributed by atoms with Gasteiger partial charge in [-0.25, -0.2) is 14.3 Å². The zero-order valence-electron chi connectivity index (χ0n) is 20.9. The van der Waals surface area contributed by atoms with Crippen LogP contribution in [0, 0.1) is 5.92 Å². The molecule has 196 valence electrons. The van der Waals surface area contributed by atoms with Gasteiger partial charge in [0.2, 0.25) is 5.95 Å². The van der Waals surface area contributed by atoms with Crippen LogP contribution < -0.4 is 10.5 Å². The van der Waals surface area contributed by atoms with Gasteiger partial charge in [0.15, 0.2) is 0 Å². The van der Waals surface area contributed by atoms with E-state index in [0.29, 0.717) is 44.9 Å². The predicted octanol–water partition coefficient (Wildman–Crippen LogP) is 4.81. The minimum absolute atomic E-state index is 0.0153. The van der Waals surface area contributed by atoms with Crippen molar-refractivity contribution < 1.29 is 14.7 Å². The number of carboxylic acid groups (broad SMARTS) is 1. The van der Waals surface area contributed by atoms with E-state index < -0.39 is 5.97 Å². The molecule has 0 radical (unpaired) electrons. The Kier molecular flexibility index (Phi) is 5.81. The molecule has 10 heteroatoms. The van der Waals surface area contributed by atoms with Crippen LogP contribution in [0.15, 0.2) is 47.3 Å². The highest BCUT2D eigenvalue weighted by atomic mass is 35.5. The number of amides is 1. The third kappa shape index (κ3) is 3.81. The van der Waals surface area contributed by atoms with Crippen molar-refractivity contribution in [3.8, 4) is 5.69 Å². The normalized spacial score (nSPS) is 23.2. The van der Waals surface area contributed by atoms with E-state index in [2.05, 4.69) is 4.90 Å². The topological polar surface area (TPSA) is 95.7 Å². The summed E-state index contributed by atoms with van der Waals surface area (Å²) in [6.45, 7) is 2.10. The van der Waals surface area contributed by atoms with E-state index in [1.165, 1.54) is 12.1 Å². The van der Waals surface area contributed by atoms with Crippen molar-refractivity contribution in [1.82, 2.24) is 14.5 Å². The van der Waals surface area contributed by atoms with Crippen LogP contribution in [-0.2, 0) is 13.0 Å². The van der Waals surface area contributed by atoms with E-state index >= 15 is 0 Å². The van der Waals surface area contributed by atoms with Gasteiger partial charge in [-0.15, -0.1) is 0 Å². The van der Waals surface area contributed by atoms with E-state index in [0.717, 1.165) is 25.2 Å². The van der Waals surface area contributed by atoms with Crippen LogP contribution in [0.3, 0.4) is 0 Å². The number of hydrogen-bond donors (Lipinski definition) is 1. The van der Waals surface area contributed by atoms with Crippen LogP contribution in [0.5, 0.6) is 0 Å². The number of aromatic nitrogens is 2. The van der Waals surface area contributed by atoms with Gasteiger partial charge in [-0.05, 0) is 81.0 Å². The first-order valence-corrected chi connectivity index (χ1v) is 13.3. The second kappa shape index (κ2) is 8.85. The smallest absolute Gasteiger partial charge is 0.335 e. The Balaban J connectivity index is 1.43. The average molecular weight is 553 g/mol. The number of halogens is 2. The van der Waals surface area contributed by atoms with Gasteiger partial charge in [-0.3, -0.25) is 9.59 Å². The molecule has 38 heavy (non-hydrogen) atoms. The molecule has 4 aliphatic rings. The Hall–Kier alpha value is -3.36. The first-order chi connectivity index (χ1) is 18.1. The third-order valence-electron chi connectivity index (χ3n) is 8.41. The summed E-state index contributed by atoms with van der Waals surface area (Å²) in [5.74, 6) is 0.00207. The molecule has 1 aliphatic heterocycles. The van der Waals surface area contributed by atoms with Crippen LogP contribution in [0.1, 0.15) is 58.2 Å². The van der Waals surface area contributed by atoms with Crippen molar-refractivity contribution in [3.63, 3.8) is 0 Å². The fraction of sp³-hybridized carbons (Fsp3) is 0.357. The lowest BCUT2D eigenvalue weighted by atomic mass is 9.49. The summed E-state index contributed by atoms with van der Waals surface area (Å²) in [4.78, 5) is 47.7. The molecule has 1 N–H and O–H groups in total. The summed E-state index contributed by atoms with van der Waals surface area (Å²) in [6.07, 6.45) is 3.53. The lowest BCUT2D eigenvalue weighted by Crippen LogP contribution is -2.68. The molecule has 2 aromatic carbocycles. The van der Waals surface area contributed by atoms with Crippen LogP contribution in [0.4, 0.5) is 5.95 Å². The van der Waals surface area contributed by atoms with Crippen molar-refractivity contribution in [2.75, 3.05) is 11.9 Å². The highest BCUT2D eigenvalue weighted by Crippen LogP contribution is 2.60. The van der Waals surface area contributed by atoms with Gasteiger partial charge < -0.3 is 14.9 Å². The summed E-state index contributed by atoms with van der Waals surface area (Å²) in [5.41, 5.74) is 2.06. The summed E-state index contributed by atoms with van der Waals surface area (Å²) >= 11 is 12.2. The number of carboxylic acids is 1. The Morgan fingerprint density at radius 2 is 1.71 bits per heavy atom. The summed E-state index contributed by atoms with van der Waals surface area (Å²) in [7, 11) is 1.97. The second-order valence-corrected chi connectivity index (χ2v) is 11.5. The maximum Gasteiger partial charge on any atom is 0.335 e. The lowest BCUT2D eigenvalue weighted by molar-refractivity contribution is -0.0223. The van der Waals surface area contributed by atoms with E-state index in [-0.39, 0.29) is 35.2 Å². The standard InChI is InChI=1S/C28H26Cl2N4O4/c1-15-9-20-23(14-33(15)24(35)18-5-8-21(29)22(30)10-18)31-27(32(2)28-11-16(12-28)13-28)34(25(20)36)19-6-3-17(4-7-19)26(37)38/h3-8,10,15-16H,9,11-14H2,1-2H3,(H,37,38)/t15-,16?,28?/m1/s1. The SMILES string of the molecule is C[C@@H]1Cc2c(nc(N(C)C34CC(C3)C4)n(-c3ccc(C(=O)O)cc3)c2=O)CN1C(=O)c1ccc(Cl)c(Cl)c1. The number of fused-ring (bicyclic) bond motifs is 1. The molecule has 0 spiro atoms. The molecule has 0 unspecified atom stereocenters. The first kappa shape index (κ1) is 24.9. The molecular formula is C28H26Cl2N4O4. The number of benzene rings is 2. The maximum atomic E-state index is 14.0. The maximum absolute atomic E-state index is 14.0. The zero-order valence-corrected chi connectivity index (χ0v) is 22.5. The Morgan fingerprint density at radius 1 is 1.05 bits per heavy atom. The number of rotatable bonds is 5. The van der Waals surface area contributed by atoms with Crippen LogP contribution in [-0.4, -0.2) is 50.1 Å². The van der Waals surface area contributed by atoms with Crippen molar-refractivity contribution in [1.29, 1.82) is 0 Å². The molecule has 1 amide bonds. The van der Waals surface area contributed by atoms with Gasteiger partial charge >= 0.3 is 5.97 Å². The molecule has 3 aliphatic carbocycles. The second-order valence-electron chi connectivity index (χ2n) is 10.7. The Bertz CT molecular complexity index is 1530. The van der Waals surface area contributed by atoms with Gasteiger partial charge in [-0.2, -0.15) is 0 Å². The minimum Gasteiger partial charge on any atom is -0.478 e. The van der Waals surface area contributed by atoms with E-state index in [4.69, 9.17) is 28.2 Å². The fourth-order valence-electron chi connectivity index (χ4n) is 5.98. The molecule has 1 aromatic heterocycles. The molecule has 3 saturated carbocycles. The molecule has 8 nitrogen and oxygen atoms in total. The molecule has 2 bridgehead atoms. The Morgan fingerprint density at radius 3 is 2.29 bits per heavy atom. The van der Waals surface area contributed by atoms with Gasteiger partial charge in [0.25, 0.3) is 11.5 Å². The average Bonchev–Trinajstić information content (AvgIpc) is 2.83. The molecule has 0 saturated heterocycles. The quantitative estimate of drug-likeness (QED) is 0.487. The fourth-order valence-corrected chi connectivity index (χ4v) is 6.28. The molecule has 3 fully saturated rings.